The van der Waals surface area contributed by atoms with E-state index in [2.05, 4.69) is 6.92 Å². The van der Waals surface area contributed by atoms with Crippen LogP contribution < -0.4 is 0 Å². The van der Waals surface area contributed by atoms with Gasteiger partial charge in [-0.25, -0.2) is 0 Å². The first-order valence-corrected chi connectivity index (χ1v) is 12.8. The van der Waals surface area contributed by atoms with Crippen molar-refractivity contribution >= 4 is 5.97 Å². The molecule has 0 radical (unpaired) electrons. The van der Waals surface area contributed by atoms with Crippen LogP contribution in [-0.4, -0.2) is 24.3 Å². The average molecular weight is 409 g/mol. The molecule has 1 atom stereocenters. The first kappa shape index (κ1) is 24.7. The number of ether oxygens (including phenoxy) is 1. The Balaban J connectivity index is 1.59. The zero-order valence-electron chi connectivity index (χ0n) is 19.5. The normalized spacial score (nSPS) is 29.0. The molecule has 0 saturated heterocycles. The van der Waals surface area contributed by atoms with Crippen LogP contribution in [0.3, 0.4) is 0 Å². The van der Waals surface area contributed by atoms with Crippen molar-refractivity contribution in [3.63, 3.8) is 0 Å². The number of rotatable bonds is 12. The number of unbranched alkanes of at least 4 members (excludes halogenated alkanes) is 2. The van der Waals surface area contributed by atoms with Crippen LogP contribution in [0.2, 0.25) is 0 Å². The third kappa shape index (κ3) is 8.99. The third-order valence-corrected chi connectivity index (χ3v) is 7.84. The highest BCUT2D eigenvalue weighted by molar-refractivity contribution is 5.71. The van der Waals surface area contributed by atoms with Crippen LogP contribution in [-0.2, 0) is 9.53 Å². The van der Waals surface area contributed by atoms with Crippen molar-refractivity contribution in [1.29, 1.82) is 0 Å². The summed E-state index contributed by atoms with van der Waals surface area (Å²) in [5.41, 5.74) is 0. The molecule has 0 spiro atoms. The maximum atomic E-state index is 11.6. The van der Waals surface area contributed by atoms with Crippen LogP contribution in [0.25, 0.3) is 0 Å². The molecule has 1 unspecified atom stereocenters. The Labute approximate surface area is 180 Å². The van der Waals surface area contributed by atoms with Gasteiger partial charge in [-0.15, -0.1) is 0 Å². The fourth-order valence-corrected chi connectivity index (χ4v) is 5.65. The zero-order valence-corrected chi connectivity index (χ0v) is 19.5. The number of hydrogen-bond donors (Lipinski definition) is 1. The predicted molar refractivity (Wildman–Crippen MR) is 121 cm³/mol. The molecule has 0 bridgehead atoms. The summed E-state index contributed by atoms with van der Waals surface area (Å²) in [7, 11) is 0. The van der Waals surface area contributed by atoms with Gasteiger partial charge in [0, 0.05) is 12.5 Å². The molecule has 2 fully saturated rings. The minimum Gasteiger partial charge on any atom is -0.465 e. The minimum atomic E-state index is -0.149. The molecule has 3 nitrogen and oxygen atoms in total. The van der Waals surface area contributed by atoms with Crippen LogP contribution >= 0.6 is 0 Å². The Bertz CT molecular complexity index is 431. The van der Waals surface area contributed by atoms with Crippen LogP contribution in [0, 0.1) is 35.5 Å². The summed E-state index contributed by atoms with van der Waals surface area (Å²) >= 11 is 0. The maximum Gasteiger partial charge on any atom is 0.308 e. The summed E-state index contributed by atoms with van der Waals surface area (Å²) in [6.45, 7) is 6.52. The van der Waals surface area contributed by atoms with Gasteiger partial charge in [-0.1, -0.05) is 72.1 Å². The molecule has 2 aliphatic carbocycles. The number of carbonyl (C=O) groups excluding carboxylic acids is 1. The van der Waals surface area contributed by atoms with E-state index in [4.69, 9.17) is 4.74 Å². The standard InChI is InChI=1S/C26H48O3/c1-4-5-6-7-21-10-14-24(15-11-21)25-16-12-22(13-17-25)8-9-23(18-27)19-29-26(28)20(2)3/h20-25,27H,4-19H2,1-3H3. The van der Waals surface area contributed by atoms with E-state index in [1.807, 2.05) is 13.8 Å². The lowest BCUT2D eigenvalue weighted by Gasteiger charge is -2.38. The van der Waals surface area contributed by atoms with Gasteiger partial charge in [0.25, 0.3) is 0 Å². The van der Waals surface area contributed by atoms with E-state index in [1.165, 1.54) is 83.5 Å². The summed E-state index contributed by atoms with van der Waals surface area (Å²) < 4.78 is 5.33. The summed E-state index contributed by atoms with van der Waals surface area (Å²) in [5.74, 6) is 3.68. The van der Waals surface area contributed by atoms with Crippen molar-refractivity contribution in [3.8, 4) is 0 Å². The van der Waals surface area contributed by atoms with Crippen molar-refractivity contribution in [2.75, 3.05) is 13.2 Å². The monoisotopic (exact) mass is 408 g/mol. The molecule has 1 N–H and O–H groups in total. The number of carbonyl (C=O) groups is 1. The van der Waals surface area contributed by atoms with Crippen LogP contribution in [0.5, 0.6) is 0 Å². The summed E-state index contributed by atoms with van der Waals surface area (Å²) in [4.78, 5) is 11.6. The van der Waals surface area contributed by atoms with E-state index in [-0.39, 0.29) is 24.4 Å². The zero-order chi connectivity index (χ0) is 21.1. The van der Waals surface area contributed by atoms with E-state index >= 15 is 0 Å². The average Bonchev–Trinajstić information content (AvgIpc) is 2.74. The van der Waals surface area contributed by atoms with Gasteiger partial charge in [-0.05, 0) is 62.2 Å². The second kappa shape index (κ2) is 13.7. The fourth-order valence-electron chi connectivity index (χ4n) is 5.65. The van der Waals surface area contributed by atoms with Crippen molar-refractivity contribution in [1.82, 2.24) is 0 Å². The molecule has 2 aliphatic rings. The number of esters is 1. The minimum absolute atomic E-state index is 0.0870. The summed E-state index contributed by atoms with van der Waals surface area (Å²) in [6.07, 6.45) is 19.4. The van der Waals surface area contributed by atoms with Crippen molar-refractivity contribution < 1.29 is 14.6 Å². The second-order valence-electron chi connectivity index (χ2n) is 10.5. The van der Waals surface area contributed by atoms with Crippen molar-refractivity contribution in [2.24, 2.45) is 35.5 Å². The lowest BCUT2D eigenvalue weighted by molar-refractivity contribution is -0.149. The lowest BCUT2D eigenvalue weighted by atomic mass is 9.68. The molecular weight excluding hydrogens is 360 g/mol. The first-order valence-electron chi connectivity index (χ1n) is 12.8. The smallest absolute Gasteiger partial charge is 0.308 e. The largest absolute Gasteiger partial charge is 0.465 e. The molecule has 170 valence electrons. The van der Waals surface area contributed by atoms with Crippen LogP contribution in [0.4, 0.5) is 0 Å². The molecule has 0 aromatic rings. The second-order valence-corrected chi connectivity index (χ2v) is 10.5. The van der Waals surface area contributed by atoms with Crippen molar-refractivity contribution in [3.05, 3.63) is 0 Å². The highest BCUT2D eigenvalue weighted by atomic mass is 16.5. The van der Waals surface area contributed by atoms with E-state index in [0.29, 0.717) is 6.61 Å². The molecule has 0 aromatic carbocycles. The molecule has 3 heteroatoms. The number of aliphatic hydroxyl groups excluding tert-OH is 1. The third-order valence-electron chi connectivity index (χ3n) is 7.84. The highest BCUT2D eigenvalue weighted by Crippen LogP contribution is 2.43. The Hall–Kier alpha value is -0.570. The predicted octanol–water partition coefficient (Wildman–Crippen LogP) is 6.77. The van der Waals surface area contributed by atoms with E-state index in [9.17, 15) is 9.90 Å². The first-order chi connectivity index (χ1) is 14.0. The molecule has 2 rings (SSSR count). The van der Waals surface area contributed by atoms with Crippen LogP contribution in [0.1, 0.15) is 111 Å². The quantitative estimate of drug-likeness (QED) is 0.286. The van der Waals surface area contributed by atoms with Gasteiger partial charge < -0.3 is 9.84 Å². The van der Waals surface area contributed by atoms with E-state index < -0.39 is 0 Å². The highest BCUT2D eigenvalue weighted by Gasteiger charge is 2.30. The summed E-state index contributed by atoms with van der Waals surface area (Å²) in [5, 5.41) is 9.62. The Kier molecular flexibility index (Phi) is 11.6. The molecule has 2 saturated carbocycles. The Morgan fingerprint density at radius 2 is 1.45 bits per heavy atom. The van der Waals surface area contributed by atoms with Gasteiger partial charge in [0.15, 0.2) is 0 Å². The molecule has 0 aliphatic heterocycles. The van der Waals surface area contributed by atoms with Crippen molar-refractivity contribution in [2.45, 2.75) is 111 Å². The summed E-state index contributed by atoms with van der Waals surface area (Å²) in [6, 6.07) is 0. The molecular formula is C26H48O3. The van der Waals surface area contributed by atoms with E-state index in [0.717, 1.165) is 30.1 Å². The Morgan fingerprint density at radius 3 is 1.93 bits per heavy atom. The number of aliphatic hydroxyl groups is 1. The fraction of sp³-hybridized carbons (Fsp3) is 0.962. The Morgan fingerprint density at radius 1 is 0.897 bits per heavy atom. The van der Waals surface area contributed by atoms with Gasteiger partial charge in [0.2, 0.25) is 0 Å². The van der Waals surface area contributed by atoms with Gasteiger partial charge in [-0.3, -0.25) is 4.79 Å². The van der Waals surface area contributed by atoms with E-state index in [1.54, 1.807) is 0 Å². The van der Waals surface area contributed by atoms with Crippen LogP contribution in [0.15, 0.2) is 0 Å². The van der Waals surface area contributed by atoms with Gasteiger partial charge >= 0.3 is 5.97 Å². The van der Waals surface area contributed by atoms with Gasteiger partial charge in [-0.2, -0.15) is 0 Å². The maximum absolute atomic E-state index is 11.6. The molecule has 0 amide bonds. The lowest BCUT2D eigenvalue weighted by Crippen LogP contribution is -2.26. The molecule has 0 heterocycles. The topological polar surface area (TPSA) is 46.5 Å². The SMILES string of the molecule is CCCCCC1CCC(C2CCC(CCC(CO)COC(=O)C(C)C)CC2)CC1. The van der Waals surface area contributed by atoms with Gasteiger partial charge in [0.1, 0.15) is 0 Å². The number of hydrogen-bond acceptors (Lipinski definition) is 3. The molecule has 29 heavy (non-hydrogen) atoms. The van der Waals surface area contributed by atoms with Gasteiger partial charge in [0.05, 0.1) is 12.5 Å². The molecule has 0 aromatic heterocycles.